The summed E-state index contributed by atoms with van der Waals surface area (Å²) >= 11 is 3.42. The molecule has 15 heavy (non-hydrogen) atoms. The van der Waals surface area contributed by atoms with Crippen molar-refractivity contribution in [2.45, 2.75) is 19.8 Å². The van der Waals surface area contributed by atoms with Crippen molar-refractivity contribution in [3.8, 4) is 11.3 Å². The third kappa shape index (κ3) is 2.12. The second-order valence-corrected chi connectivity index (χ2v) is 4.44. The summed E-state index contributed by atoms with van der Waals surface area (Å²) in [6.45, 7) is 4.13. The molecule has 0 saturated carbocycles. The summed E-state index contributed by atoms with van der Waals surface area (Å²) in [5.74, 6) is 1.87. The summed E-state index contributed by atoms with van der Waals surface area (Å²) < 4.78 is 6.48. The number of hydrogen-bond donors (Lipinski definition) is 0. The molecule has 0 saturated heterocycles. The van der Waals surface area contributed by atoms with E-state index in [4.69, 9.17) is 4.42 Å². The van der Waals surface area contributed by atoms with E-state index in [1.807, 2.05) is 30.3 Å². The van der Waals surface area contributed by atoms with Crippen LogP contribution in [-0.2, 0) is 0 Å². The lowest BCUT2D eigenvalue weighted by Crippen LogP contribution is -1.84. The average Bonchev–Trinajstić information content (AvgIpc) is 2.62. The van der Waals surface area contributed by atoms with Gasteiger partial charge in [0, 0.05) is 11.5 Å². The van der Waals surface area contributed by atoms with Gasteiger partial charge in [-0.3, -0.25) is 0 Å². The molecule has 0 aliphatic carbocycles. The van der Waals surface area contributed by atoms with Crippen LogP contribution in [0.2, 0.25) is 0 Å². The van der Waals surface area contributed by atoms with E-state index in [9.17, 15) is 0 Å². The minimum atomic E-state index is 0.304. The maximum absolute atomic E-state index is 5.70. The van der Waals surface area contributed by atoms with Gasteiger partial charge in [-0.15, -0.1) is 0 Å². The highest BCUT2D eigenvalue weighted by atomic mass is 79.9. The Morgan fingerprint density at radius 3 is 2.40 bits per heavy atom. The molecule has 78 valence electrons. The number of hydrogen-bond acceptors (Lipinski definition) is 2. The van der Waals surface area contributed by atoms with Crippen molar-refractivity contribution in [1.29, 1.82) is 0 Å². The molecule has 1 aromatic heterocycles. The number of oxazole rings is 1. The molecule has 0 atom stereocenters. The van der Waals surface area contributed by atoms with Crippen LogP contribution in [-0.4, -0.2) is 4.98 Å². The van der Waals surface area contributed by atoms with Crippen LogP contribution in [0.1, 0.15) is 25.7 Å². The quantitative estimate of drug-likeness (QED) is 0.813. The summed E-state index contributed by atoms with van der Waals surface area (Å²) in [5, 5.41) is 0. The van der Waals surface area contributed by atoms with Crippen molar-refractivity contribution in [2.24, 2.45) is 0 Å². The molecule has 3 heteroatoms. The van der Waals surface area contributed by atoms with Gasteiger partial charge >= 0.3 is 0 Å². The zero-order chi connectivity index (χ0) is 10.8. The van der Waals surface area contributed by atoms with E-state index < -0.39 is 0 Å². The predicted octanol–water partition coefficient (Wildman–Crippen LogP) is 4.23. The lowest BCUT2D eigenvalue weighted by Gasteiger charge is -1.97. The van der Waals surface area contributed by atoms with Crippen LogP contribution in [0.5, 0.6) is 0 Å². The van der Waals surface area contributed by atoms with Gasteiger partial charge in [-0.05, 0) is 15.9 Å². The Balaban J connectivity index is 2.45. The molecule has 0 N–H and O–H groups in total. The van der Waals surface area contributed by atoms with Crippen molar-refractivity contribution >= 4 is 15.9 Å². The van der Waals surface area contributed by atoms with Gasteiger partial charge < -0.3 is 4.42 Å². The van der Waals surface area contributed by atoms with Crippen molar-refractivity contribution in [3.05, 3.63) is 40.8 Å². The van der Waals surface area contributed by atoms with Gasteiger partial charge in [0.2, 0.25) is 0 Å². The van der Waals surface area contributed by atoms with Crippen LogP contribution in [0.3, 0.4) is 0 Å². The van der Waals surface area contributed by atoms with Crippen LogP contribution in [0.25, 0.3) is 11.3 Å². The van der Waals surface area contributed by atoms with E-state index in [0.29, 0.717) is 5.92 Å². The van der Waals surface area contributed by atoms with Crippen molar-refractivity contribution in [1.82, 2.24) is 4.98 Å². The Hall–Kier alpha value is -1.09. The Kier molecular flexibility index (Phi) is 2.91. The molecular formula is C12H12BrNO. The first-order valence-electron chi connectivity index (χ1n) is 4.90. The molecule has 2 aromatic rings. The molecule has 2 rings (SSSR count). The third-order valence-electron chi connectivity index (χ3n) is 2.13. The van der Waals surface area contributed by atoms with Gasteiger partial charge in [0.25, 0.3) is 0 Å². The fourth-order valence-corrected chi connectivity index (χ4v) is 1.82. The van der Waals surface area contributed by atoms with Crippen LogP contribution in [0.15, 0.2) is 39.4 Å². The molecular weight excluding hydrogens is 254 g/mol. The Bertz CT molecular complexity index is 448. The first-order chi connectivity index (χ1) is 7.18. The van der Waals surface area contributed by atoms with Gasteiger partial charge in [0.15, 0.2) is 16.3 Å². The lowest BCUT2D eigenvalue weighted by atomic mass is 10.2. The Morgan fingerprint density at radius 2 is 1.87 bits per heavy atom. The van der Waals surface area contributed by atoms with Gasteiger partial charge in [0.05, 0.1) is 0 Å². The van der Waals surface area contributed by atoms with E-state index in [0.717, 1.165) is 21.8 Å². The van der Waals surface area contributed by atoms with Gasteiger partial charge in [-0.25, -0.2) is 4.98 Å². The number of rotatable bonds is 2. The zero-order valence-corrected chi connectivity index (χ0v) is 10.3. The minimum absolute atomic E-state index is 0.304. The second-order valence-electron chi connectivity index (χ2n) is 3.69. The average molecular weight is 266 g/mol. The summed E-state index contributed by atoms with van der Waals surface area (Å²) in [5.41, 5.74) is 1.05. The Labute approximate surface area is 97.5 Å². The van der Waals surface area contributed by atoms with Crippen LogP contribution in [0, 0.1) is 0 Å². The number of benzene rings is 1. The zero-order valence-electron chi connectivity index (χ0n) is 8.70. The van der Waals surface area contributed by atoms with Crippen molar-refractivity contribution in [3.63, 3.8) is 0 Å². The highest BCUT2D eigenvalue weighted by Gasteiger charge is 2.14. The second kappa shape index (κ2) is 4.19. The third-order valence-corrected chi connectivity index (χ3v) is 2.67. The van der Waals surface area contributed by atoms with Gasteiger partial charge in [-0.2, -0.15) is 0 Å². The maximum Gasteiger partial charge on any atom is 0.198 e. The topological polar surface area (TPSA) is 26.0 Å². The summed E-state index contributed by atoms with van der Waals surface area (Å²) in [6.07, 6.45) is 0. The number of aromatic nitrogens is 1. The molecule has 0 unspecified atom stereocenters. The van der Waals surface area contributed by atoms with E-state index in [-0.39, 0.29) is 0 Å². The molecule has 0 aliphatic rings. The predicted molar refractivity (Wildman–Crippen MR) is 63.7 cm³/mol. The van der Waals surface area contributed by atoms with Gasteiger partial charge in [0.1, 0.15) is 0 Å². The van der Waals surface area contributed by atoms with Crippen molar-refractivity contribution < 1.29 is 4.42 Å². The fourth-order valence-electron chi connectivity index (χ4n) is 1.33. The number of halogens is 1. The normalized spacial score (nSPS) is 10.9. The largest absolute Gasteiger partial charge is 0.439 e. The molecule has 0 radical (unpaired) electrons. The van der Waals surface area contributed by atoms with Crippen molar-refractivity contribution in [2.75, 3.05) is 0 Å². The first kappa shape index (κ1) is 10.4. The summed E-state index contributed by atoms with van der Waals surface area (Å²) in [6, 6.07) is 9.97. The van der Waals surface area contributed by atoms with E-state index >= 15 is 0 Å². The monoisotopic (exact) mass is 265 g/mol. The smallest absolute Gasteiger partial charge is 0.198 e. The summed E-state index contributed by atoms with van der Waals surface area (Å²) in [7, 11) is 0. The molecule has 0 bridgehead atoms. The maximum atomic E-state index is 5.70. The molecule has 0 aliphatic heterocycles. The molecule has 0 amide bonds. The van der Waals surface area contributed by atoms with E-state index in [1.165, 1.54) is 0 Å². The van der Waals surface area contributed by atoms with Gasteiger partial charge in [-0.1, -0.05) is 44.2 Å². The van der Waals surface area contributed by atoms with Crippen LogP contribution >= 0.6 is 15.9 Å². The van der Waals surface area contributed by atoms with Crippen LogP contribution in [0.4, 0.5) is 0 Å². The van der Waals surface area contributed by atoms with Crippen LogP contribution < -0.4 is 0 Å². The molecule has 1 aromatic carbocycles. The highest BCUT2D eigenvalue weighted by molar-refractivity contribution is 9.10. The molecule has 0 fully saturated rings. The Morgan fingerprint density at radius 1 is 1.20 bits per heavy atom. The number of nitrogens with zero attached hydrogens (tertiary/aromatic N) is 1. The fraction of sp³-hybridized carbons (Fsp3) is 0.250. The lowest BCUT2D eigenvalue weighted by molar-refractivity contribution is 0.481. The SMILES string of the molecule is CC(C)c1nc(Br)c(-c2ccccc2)o1. The van der Waals surface area contributed by atoms with E-state index in [1.54, 1.807) is 0 Å². The highest BCUT2D eigenvalue weighted by Crippen LogP contribution is 2.30. The first-order valence-corrected chi connectivity index (χ1v) is 5.69. The standard InChI is InChI=1S/C12H12BrNO/c1-8(2)12-14-11(13)10(15-12)9-6-4-3-5-7-9/h3-8H,1-2H3. The minimum Gasteiger partial charge on any atom is -0.439 e. The summed E-state index contributed by atoms with van der Waals surface area (Å²) in [4.78, 5) is 4.34. The molecule has 2 nitrogen and oxygen atoms in total. The molecule has 1 heterocycles. The molecule has 0 spiro atoms. The van der Waals surface area contributed by atoms with E-state index in [2.05, 4.69) is 34.8 Å².